The molecular formula is C11H17ClN4O2. The molecule has 1 aromatic heterocycles. The van der Waals surface area contributed by atoms with E-state index in [0.29, 0.717) is 25.4 Å². The third-order valence-corrected chi connectivity index (χ3v) is 3.08. The number of aryl methyl sites for hydroxylation is 1. The minimum absolute atomic E-state index is 0.185. The van der Waals surface area contributed by atoms with Gasteiger partial charge in [0.05, 0.1) is 25.1 Å². The van der Waals surface area contributed by atoms with Gasteiger partial charge in [-0.3, -0.25) is 4.79 Å². The molecule has 7 heteroatoms. The Morgan fingerprint density at radius 3 is 2.89 bits per heavy atom. The van der Waals surface area contributed by atoms with E-state index >= 15 is 0 Å². The van der Waals surface area contributed by atoms with Crippen LogP contribution in [0.4, 0.5) is 5.69 Å². The number of nitrogens with one attached hydrogen (secondary N) is 1. The zero-order chi connectivity index (χ0) is 13.0. The number of rotatable bonds is 4. The number of hydrogen-bond donors (Lipinski definition) is 1. The average Bonchev–Trinajstić information content (AvgIpc) is 2.40. The number of hydrazine groups is 1. The van der Waals surface area contributed by atoms with Crippen LogP contribution in [0.1, 0.15) is 13.3 Å². The number of morpholine rings is 1. The van der Waals surface area contributed by atoms with Crippen molar-refractivity contribution in [3.8, 4) is 0 Å². The maximum Gasteiger partial charge on any atom is 0.287 e. The molecule has 2 heterocycles. The minimum Gasteiger partial charge on any atom is -0.379 e. The molecule has 0 saturated carbocycles. The first-order valence-electron chi connectivity index (χ1n) is 6.07. The molecule has 6 nitrogen and oxygen atoms in total. The van der Waals surface area contributed by atoms with Gasteiger partial charge in [-0.1, -0.05) is 18.5 Å². The van der Waals surface area contributed by atoms with Crippen LogP contribution in [0.15, 0.2) is 11.0 Å². The van der Waals surface area contributed by atoms with Gasteiger partial charge in [-0.25, -0.2) is 9.69 Å². The Balaban J connectivity index is 2.13. The zero-order valence-corrected chi connectivity index (χ0v) is 11.1. The Labute approximate surface area is 110 Å². The van der Waals surface area contributed by atoms with Crippen molar-refractivity contribution in [2.75, 3.05) is 31.7 Å². The summed E-state index contributed by atoms with van der Waals surface area (Å²) >= 11 is 6.06. The van der Waals surface area contributed by atoms with Crippen molar-refractivity contribution >= 4 is 17.3 Å². The summed E-state index contributed by atoms with van der Waals surface area (Å²) in [6, 6.07) is 0. The predicted molar refractivity (Wildman–Crippen MR) is 69.8 cm³/mol. The number of nitrogens with zero attached hydrogens (tertiary/aromatic N) is 3. The molecule has 0 bridgehead atoms. The molecule has 100 valence electrons. The molecule has 0 atom stereocenters. The monoisotopic (exact) mass is 272 g/mol. The van der Waals surface area contributed by atoms with Crippen LogP contribution in [0.2, 0.25) is 5.02 Å². The molecular weight excluding hydrogens is 256 g/mol. The van der Waals surface area contributed by atoms with Gasteiger partial charge in [0.2, 0.25) is 0 Å². The van der Waals surface area contributed by atoms with Gasteiger partial charge < -0.3 is 10.2 Å². The molecule has 1 aromatic rings. The highest BCUT2D eigenvalue weighted by Gasteiger charge is 2.14. The summed E-state index contributed by atoms with van der Waals surface area (Å²) < 4.78 is 6.63. The first-order chi connectivity index (χ1) is 8.72. The Kier molecular flexibility index (Phi) is 4.57. The molecule has 0 aromatic carbocycles. The standard InChI is InChI=1S/C11H17ClN4O2/c1-2-3-16-11(17)10(12)9(8-13-16)14-15-4-6-18-7-5-15/h8,14H,2-7H2,1H3. The van der Waals surface area contributed by atoms with Crippen molar-refractivity contribution in [3.63, 3.8) is 0 Å². The average molecular weight is 273 g/mol. The van der Waals surface area contributed by atoms with Gasteiger partial charge >= 0.3 is 0 Å². The van der Waals surface area contributed by atoms with Crippen molar-refractivity contribution in [1.82, 2.24) is 14.8 Å². The van der Waals surface area contributed by atoms with Crippen LogP contribution < -0.4 is 11.0 Å². The Morgan fingerprint density at radius 1 is 1.50 bits per heavy atom. The molecule has 0 radical (unpaired) electrons. The summed E-state index contributed by atoms with van der Waals surface area (Å²) in [5.41, 5.74) is 3.40. The maximum atomic E-state index is 11.9. The molecule has 0 aliphatic carbocycles. The topological polar surface area (TPSA) is 59.4 Å². The predicted octanol–water partition coefficient (Wildman–Crippen LogP) is 0.966. The van der Waals surface area contributed by atoms with Gasteiger partial charge in [-0.2, -0.15) is 5.10 Å². The second-order valence-corrected chi connectivity index (χ2v) is 4.49. The molecule has 1 aliphatic heterocycles. The number of ether oxygens (including phenoxy) is 1. The number of anilines is 1. The fourth-order valence-electron chi connectivity index (χ4n) is 1.76. The largest absolute Gasteiger partial charge is 0.379 e. The highest BCUT2D eigenvalue weighted by atomic mass is 35.5. The van der Waals surface area contributed by atoms with Gasteiger partial charge in [-0.15, -0.1) is 0 Å². The van der Waals surface area contributed by atoms with E-state index in [1.165, 1.54) is 4.68 Å². The van der Waals surface area contributed by atoms with E-state index in [1.54, 1.807) is 6.20 Å². The first-order valence-corrected chi connectivity index (χ1v) is 6.45. The van der Waals surface area contributed by atoms with Gasteiger partial charge in [0, 0.05) is 19.6 Å². The maximum absolute atomic E-state index is 11.9. The number of hydrogen-bond acceptors (Lipinski definition) is 5. The smallest absolute Gasteiger partial charge is 0.287 e. The summed E-state index contributed by atoms with van der Waals surface area (Å²) in [5, 5.41) is 6.25. The molecule has 1 saturated heterocycles. The van der Waals surface area contributed by atoms with Crippen molar-refractivity contribution < 1.29 is 4.74 Å². The van der Waals surface area contributed by atoms with E-state index in [2.05, 4.69) is 10.5 Å². The van der Waals surface area contributed by atoms with Crippen LogP contribution in [0.5, 0.6) is 0 Å². The third-order valence-electron chi connectivity index (χ3n) is 2.71. The van der Waals surface area contributed by atoms with E-state index in [9.17, 15) is 4.79 Å². The van der Waals surface area contributed by atoms with Crippen molar-refractivity contribution in [2.45, 2.75) is 19.9 Å². The van der Waals surface area contributed by atoms with Crippen LogP contribution in [-0.4, -0.2) is 41.1 Å². The zero-order valence-electron chi connectivity index (χ0n) is 10.4. The van der Waals surface area contributed by atoms with E-state index < -0.39 is 0 Å². The second-order valence-electron chi connectivity index (χ2n) is 4.11. The normalized spacial score (nSPS) is 16.8. The highest BCUT2D eigenvalue weighted by Crippen LogP contribution is 2.16. The number of halogens is 1. The lowest BCUT2D eigenvalue weighted by Gasteiger charge is -2.28. The third kappa shape index (κ3) is 3.01. The molecule has 2 rings (SSSR count). The summed E-state index contributed by atoms with van der Waals surface area (Å²) in [6.07, 6.45) is 2.44. The van der Waals surface area contributed by atoms with E-state index in [1.807, 2.05) is 11.9 Å². The first kappa shape index (κ1) is 13.3. The minimum atomic E-state index is -0.253. The van der Waals surface area contributed by atoms with Gasteiger partial charge in [-0.05, 0) is 6.42 Å². The molecule has 0 spiro atoms. The molecule has 18 heavy (non-hydrogen) atoms. The van der Waals surface area contributed by atoms with Crippen LogP contribution in [-0.2, 0) is 11.3 Å². The molecule has 1 N–H and O–H groups in total. The molecule has 1 aliphatic rings. The molecule has 0 amide bonds. The second kappa shape index (κ2) is 6.17. The van der Waals surface area contributed by atoms with Gasteiger partial charge in [0.1, 0.15) is 5.02 Å². The van der Waals surface area contributed by atoms with Crippen molar-refractivity contribution in [3.05, 3.63) is 21.6 Å². The summed E-state index contributed by atoms with van der Waals surface area (Å²) in [6.45, 7) is 5.43. The van der Waals surface area contributed by atoms with Crippen LogP contribution in [0.3, 0.4) is 0 Å². The Hall–Kier alpha value is -1.11. The van der Waals surface area contributed by atoms with E-state index in [4.69, 9.17) is 16.3 Å². The SMILES string of the molecule is CCCn1ncc(NN2CCOCC2)c(Cl)c1=O. The Bertz CT molecular complexity index is 457. The van der Waals surface area contributed by atoms with Crippen LogP contribution >= 0.6 is 11.6 Å². The lowest BCUT2D eigenvalue weighted by atomic mass is 10.4. The molecule has 1 fully saturated rings. The van der Waals surface area contributed by atoms with Gasteiger partial charge in [0.25, 0.3) is 5.56 Å². The Morgan fingerprint density at radius 2 is 2.22 bits per heavy atom. The highest BCUT2D eigenvalue weighted by molar-refractivity contribution is 6.32. The van der Waals surface area contributed by atoms with Crippen molar-refractivity contribution in [1.29, 1.82) is 0 Å². The fraction of sp³-hybridized carbons (Fsp3) is 0.636. The van der Waals surface area contributed by atoms with E-state index in [0.717, 1.165) is 19.5 Å². The summed E-state index contributed by atoms with van der Waals surface area (Å²) in [4.78, 5) is 11.9. The van der Waals surface area contributed by atoms with E-state index in [-0.39, 0.29) is 10.6 Å². The quantitative estimate of drug-likeness (QED) is 0.885. The summed E-state index contributed by atoms with van der Waals surface area (Å²) in [7, 11) is 0. The summed E-state index contributed by atoms with van der Waals surface area (Å²) in [5.74, 6) is 0. The fourth-order valence-corrected chi connectivity index (χ4v) is 1.95. The van der Waals surface area contributed by atoms with Gasteiger partial charge in [0.15, 0.2) is 0 Å². The number of aromatic nitrogens is 2. The molecule has 0 unspecified atom stereocenters. The van der Waals surface area contributed by atoms with Crippen LogP contribution in [0, 0.1) is 0 Å². The van der Waals surface area contributed by atoms with Crippen molar-refractivity contribution in [2.24, 2.45) is 0 Å². The van der Waals surface area contributed by atoms with Crippen LogP contribution in [0.25, 0.3) is 0 Å². The lowest BCUT2D eigenvalue weighted by molar-refractivity contribution is 0.0496. The lowest BCUT2D eigenvalue weighted by Crippen LogP contribution is -2.40.